The topological polar surface area (TPSA) is 83.4 Å². The van der Waals surface area contributed by atoms with Crippen molar-refractivity contribution in [1.29, 1.82) is 0 Å². The van der Waals surface area contributed by atoms with Crippen molar-refractivity contribution in [1.82, 2.24) is 9.97 Å². The van der Waals surface area contributed by atoms with Crippen molar-refractivity contribution in [3.05, 3.63) is 71.8 Å². The van der Waals surface area contributed by atoms with Crippen LogP contribution in [0.3, 0.4) is 0 Å². The van der Waals surface area contributed by atoms with Crippen LogP contribution in [0.15, 0.2) is 64.6 Å². The molecule has 174 valence electrons. The molecule has 2 aromatic carbocycles. The van der Waals surface area contributed by atoms with Crippen LogP contribution >= 0.6 is 11.8 Å². The van der Waals surface area contributed by atoms with Crippen LogP contribution in [0.1, 0.15) is 50.6 Å². The van der Waals surface area contributed by atoms with E-state index in [9.17, 15) is 13.0 Å². The molecule has 0 bridgehead atoms. The standard InChI is InChI=1S/C25H29N3O3S2/c1-4-18-16-19(5-2)23-21(17-18)28(20-10-7-8-11-22(20)32-23)15-12-25(6-3,33(29,30)31)24-26-13-9-14-27-24/h7-11,13-14,16-17H,4-6,12,15H2,1-3H3,(H,29,30,31). The highest BCUT2D eigenvalue weighted by atomic mass is 32.2. The van der Waals surface area contributed by atoms with Gasteiger partial charge in [-0.25, -0.2) is 9.97 Å². The first kappa shape index (κ1) is 23.7. The maximum Gasteiger partial charge on any atom is 0.278 e. The average molecular weight is 484 g/mol. The predicted octanol–water partition coefficient (Wildman–Crippen LogP) is 5.79. The molecule has 0 saturated carbocycles. The third-order valence-corrected chi connectivity index (χ3v) is 9.33. The quantitative estimate of drug-likeness (QED) is 0.406. The lowest BCUT2D eigenvalue weighted by Gasteiger charge is -2.37. The van der Waals surface area contributed by atoms with E-state index in [1.165, 1.54) is 28.4 Å². The molecule has 1 aliphatic rings. The van der Waals surface area contributed by atoms with Crippen molar-refractivity contribution in [2.75, 3.05) is 11.4 Å². The van der Waals surface area contributed by atoms with Crippen LogP contribution in [-0.2, 0) is 27.7 Å². The summed E-state index contributed by atoms with van der Waals surface area (Å²) in [5.74, 6) is 0.131. The molecule has 6 nitrogen and oxygen atoms in total. The van der Waals surface area contributed by atoms with Gasteiger partial charge in [-0.1, -0.05) is 50.7 Å². The summed E-state index contributed by atoms with van der Waals surface area (Å²) in [5, 5.41) is 0. The lowest BCUT2D eigenvalue weighted by atomic mass is 9.98. The summed E-state index contributed by atoms with van der Waals surface area (Å²) in [6.45, 7) is 6.45. The number of anilines is 2. The Morgan fingerprint density at radius 1 is 1.00 bits per heavy atom. The molecular formula is C25H29N3O3S2. The Morgan fingerprint density at radius 2 is 1.73 bits per heavy atom. The fraction of sp³-hybridized carbons (Fsp3) is 0.360. The zero-order chi connectivity index (χ0) is 23.6. The molecular weight excluding hydrogens is 454 g/mol. The van der Waals surface area contributed by atoms with E-state index in [1.807, 2.05) is 12.1 Å². The molecule has 4 rings (SSSR count). The number of para-hydroxylation sites is 1. The number of aryl methyl sites for hydroxylation is 2. The smallest absolute Gasteiger partial charge is 0.278 e. The number of aromatic nitrogens is 2. The second-order valence-electron chi connectivity index (χ2n) is 8.18. The zero-order valence-corrected chi connectivity index (χ0v) is 20.8. The van der Waals surface area contributed by atoms with Gasteiger partial charge in [0.15, 0.2) is 10.6 Å². The van der Waals surface area contributed by atoms with E-state index in [1.54, 1.807) is 24.8 Å². The van der Waals surface area contributed by atoms with Crippen molar-refractivity contribution in [2.24, 2.45) is 0 Å². The normalized spacial score (nSPS) is 15.0. The van der Waals surface area contributed by atoms with E-state index in [0.717, 1.165) is 29.1 Å². The highest BCUT2D eigenvalue weighted by molar-refractivity contribution is 7.99. The van der Waals surface area contributed by atoms with Gasteiger partial charge >= 0.3 is 0 Å². The molecule has 0 aliphatic carbocycles. The number of nitrogens with zero attached hydrogens (tertiary/aromatic N) is 3. The van der Waals surface area contributed by atoms with Gasteiger partial charge in [0.1, 0.15) is 0 Å². The Labute approximate surface area is 200 Å². The second-order valence-corrected chi connectivity index (χ2v) is 11.0. The molecule has 0 fully saturated rings. The maximum absolute atomic E-state index is 12.7. The first-order valence-electron chi connectivity index (χ1n) is 11.3. The van der Waals surface area contributed by atoms with Gasteiger partial charge in [0.05, 0.1) is 11.4 Å². The van der Waals surface area contributed by atoms with Crippen LogP contribution < -0.4 is 4.90 Å². The van der Waals surface area contributed by atoms with Gasteiger partial charge in [-0.15, -0.1) is 0 Å². The Kier molecular flexibility index (Phi) is 6.79. The lowest BCUT2D eigenvalue weighted by Crippen LogP contribution is -2.40. The molecule has 1 unspecified atom stereocenters. The fourth-order valence-corrected chi connectivity index (χ4v) is 6.78. The van der Waals surface area contributed by atoms with Crippen molar-refractivity contribution in [3.63, 3.8) is 0 Å². The van der Waals surface area contributed by atoms with Crippen LogP contribution in [0.4, 0.5) is 11.4 Å². The first-order chi connectivity index (χ1) is 15.8. The van der Waals surface area contributed by atoms with Crippen molar-refractivity contribution in [3.8, 4) is 0 Å². The summed E-state index contributed by atoms with van der Waals surface area (Å²) in [5.41, 5.74) is 4.67. The van der Waals surface area contributed by atoms with Gasteiger partial charge in [0.2, 0.25) is 0 Å². The number of hydrogen-bond acceptors (Lipinski definition) is 6. The Bertz CT molecular complexity index is 1250. The number of fused-ring (bicyclic) bond motifs is 2. The van der Waals surface area contributed by atoms with Crippen molar-refractivity contribution < 1.29 is 13.0 Å². The summed E-state index contributed by atoms with van der Waals surface area (Å²) in [4.78, 5) is 13.0. The third-order valence-electron chi connectivity index (χ3n) is 6.43. The van der Waals surface area contributed by atoms with Gasteiger partial charge in [-0.05, 0) is 61.1 Å². The minimum atomic E-state index is -4.47. The van der Waals surface area contributed by atoms with Crippen LogP contribution in [0.5, 0.6) is 0 Å². The monoisotopic (exact) mass is 483 g/mol. The minimum absolute atomic E-state index is 0.131. The van der Waals surface area contributed by atoms with Crippen LogP contribution in [0.2, 0.25) is 0 Å². The van der Waals surface area contributed by atoms with Crippen molar-refractivity contribution >= 4 is 33.3 Å². The van der Waals surface area contributed by atoms with Gasteiger partial charge in [0, 0.05) is 28.7 Å². The highest BCUT2D eigenvalue weighted by Gasteiger charge is 2.46. The van der Waals surface area contributed by atoms with Gasteiger partial charge in [0.25, 0.3) is 10.1 Å². The molecule has 0 saturated heterocycles. The van der Waals surface area contributed by atoms with E-state index in [2.05, 4.69) is 53.0 Å². The van der Waals surface area contributed by atoms with E-state index in [-0.39, 0.29) is 18.7 Å². The Balaban J connectivity index is 1.82. The molecule has 1 aliphatic heterocycles. The summed E-state index contributed by atoms with van der Waals surface area (Å²) >= 11 is 1.76. The van der Waals surface area contributed by atoms with Gasteiger partial charge in [-0.2, -0.15) is 8.42 Å². The average Bonchev–Trinajstić information content (AvgIpc) is 2.83. The Morgan fingerprint density at radius 3 is 2.36 bits per heavy atom. The van der Waals surface area contributed by atoms with Gasteiger partial charge in [-0.3, -0.25) is 4.55 Å². The van der Waals surface area contributed by atoms with E-state index in [0.29, 0.717) is 6.54 Å². The number of rotatable bonds is 8. The lowest BCUT2D eigenvalue weighted by molar-refractivity contribution is 0.394. The SMILES string of the molecule is CCc1cc(CC)c2c(c1)N(CCC(CC)(c1ncccn1)S(=O)(=O)O)c1ccccc1S2. The summed E-state index contributed by atoms with van der Waals surface area (Å²) in [6, 6.07) is 14.3. The minimum Gasteiger partial charge on any atom is -0.340 e. The first-order valence-corrected chi connectivity index (χ1v) is 13.5. The number of hydrogen-bond donors (Lipinski definition) is 1. The third kappa shape index (κ3) is 4.27. The molecule has 1 atom stereocenters. The fourth-order valence-electron chi connectivity index (χ4n) is 4.47. The number of benzene rings is 2. The molecule has 0 spiro atoms. The molecule has 8 heteroatoms. The van der Waals surface area contributed by atoms with E-state index < -0.39 is 14.9 Å². The molecule has 33 heavy (non-hydrogen) atoms. The summed E-state index contributed by atoms with van der Waals surface area (Å²) in [6.07, 6.45) is 5.19. The van der Waals surface area contributed by atoms with Gasteiger partial charge < -0.3 is 4.90 Å². The maximum atomic E-state index is 12.7. The zero-order valence-electron chi connectivity index (χ0n) is 19.2. The van der Waals surface area contributed by atoms with Crippen LogP contribution in [0.25, 0.3) is 0 Å². The molecule has 0 radical (unpaired) electrons. The molecule has 1 N–H and O–H groups in total. The summed E-state index contributed by atoms with van der Waals surface area (Å²) < 4.78 is 34.2. The predicted molar refractivity (Wildman–Crippen MR) is 133 cm³/mol. The molecule has 2 heterocycles. The van der Waals surface area contributed by atoms with Crippen molar-refractivity contribution in [2.45, 2.75) is 61.0 Å². The van der Waals surface area contributed by atoms with E-state index >= 15 is 0 Å². The molecule has 1 aromatic heterocycles. The largest absolute Gasteiger partial charge is 0.340 e. The van der Waals surface area contributed by atoms with Crippen LogP contribution in [0, 0.1) is 0 Å². The Hall–Kier alpha value is -2.42. The highest BCUT2D eigenvalue weighted by Crippen LogP contribution is 2.50. The molecule has 3 aromatic rings. The van der Waals surface area contributed by atoms with E-state index in [4.69, 9.17) is 0 Å². The second kappa shape index (κ2) is 9.44. The summed E-state index contributed by atoms with van der Waals surface area (Å²) in [7, 11) is -4.47. The molecule has 0 amide bonds. The van der Waals surface area contributed by atoms with Crippen LogP contribution in [-0.4, -0.2) is 29.5 Å².